The predicted octanol–water partition coefficient (Wildman–Crippen LogP) is 3.26. The summed E-state index contributed by atoms with van der Waals surface area (Å²) in [6.07, 6.45) is 4.38. The van der Waals surface area contributed by atoms with Crippen molar-refractivity contribution in [2.45, 2.75) is 13.8 Å². The number of carbonyl (C=O) groups is 1. The number of para-hydroxylation sites is 1. The van der Waals surface area contributed by atoms with E-state index in [1.165, 1.54) is 26.1 Å². The average molecular weight is 461 g/mol. The van der Waals surface area contributed by atoms with Crippen LogP contribution in [-0.4, -0.2) is 20.7 Å². The smallest absolute Gasteiger partial charge is 0.224 e. The van der Waals surface area contributed by atoms with Crippen LogP contribution in [0.5, 0.6) is 0 Å². The molecule has 5 nitrogen and oxygen atoms in total. The monoisotopic (exact) mass is 461 g/mol. The summed E-state index contributed by atoms with van der Waals surface area (Å²) in [4.78, 5) is 13.3. The van der Waals surface area contributed by atoms with Gasteiger partial charge in [-0.1, -0.05) is 0 Å². The summed E-state index contributed by atoms with van der Waals surface area (Å²) in [5.41, 5.74) is 1.38. The van der Waals surface area contributed by atoms with Crippen LogP contribution >= 0.6 is 0 Å². The van der Waals surface area contributed by atoms with E-state index in [0.717, 1.165) is 5.69 Å². The summed E-state index contributed by atoms with van der Waals surface area (Å²) in [5.74, 6) is -0.0625. The summed E-state index contributed by atoms with van der Waals surface area (Å²) < 4.78 is 1.63. The first-order valence-corrected chi connectivity index (χ1v) is 5.80. The van der Waals surface area contributed by atoms with Crippen LogP contribution in [0.15, 0.2) is 48.5 Å². The van der Waals surface area contributed by atoms with Gasteiger partial charge in [-0.25, -0.2) is 4.85 Å². The second-order valence-corrected chi connectivity index (χ2v) is 3.90. The molecule has 0 aliphatic carbocycles. The molecule has 1 N–H and O–H groups in total. The zero-order valence-electron chi connectivity index (χ0n) is 11.6. The standard InChI is InChI=1S/C10H6N3.C5H8O2.Ir/c1-11-9-7-12-13(8-9)10-5-3-2-4-6-10;1-4(6)3-5(2)7;/h2-5,7-8H;3,6H,1-2H3;/q-1;;/b;4-3-;. The molecule has 2 rings (SSSR count). The van der Waals surface area contributed by atoms with Gasteiger partial charge in [-0.05, 0) is 19.5 Å². The number of carbonyl (C=O) groups excluding carboxylic acids is 1. The molecule has 0 amide bonds. The van der Waals surface area contributed by atoms with E-state index in [1.807, 2.05) is 24.3 Å². The number of nitrogens with zero attached hydrogens (tertiary/aromatic N) is 3. The maximum absolute atomic E-state index is 10.0. The fourth-order valence-electron chi connectivity index (χ4n) is 1.32. The minimum Gasteiger partial charge on any atom is -0.512 e. The van der Waals surface area contributed by atoms with Crippen molar-refractivity contribution in [2.24, 2.45) is 0 Å². The Morgan fingerprint density at radius 3 is 2.57 bits per heavy atom. The number of aliphatic hydroxyl groups excluding tert-OH is 1. The Labute approximate surface area is 137 Å². The molecule has 111 valence electrons. The fourth-order valence-corrected chi connectivity index (χ4v) is 1.32. The Kier molecular flexibility index (Phi) is 8.63. The molecular weight excluding hydrogens is 446 g/mol. The van der Waals surface area contributed by atoms with Crippen molar-refractivity contribution in [1.82, 2.24) is 9.78 Å². The summed E-state index contributed by atoms with van der Waals surface area (Å²) in [7, 11) is 0. The van der Waals surface area contributed by atoms with E-state index in [2.05, 4.69) is 16.0 Å². The zero-order chi connectivity index (χ0) is 15.0. The number of ketones is 1. The molecule has 6 heteroatoms. The van der Waals surface area contributed by atoms with Gasteiger partial charge in [-0.3, -0.25) is 9.48 Å². The van der Waals surface area contributed by atoms with Crippen molar-refractivity contribution in [3.8, 4) is 5.69 Å². The summed E-state index contributed by atoms with van der Waals surface area (Å²) in [6.45, 7) is 9.63. The van der Waals surface area contributed by atoms with Crippen LogP contribution in [0.1, 0.15) is 13.8 Å². The Hall–Kier alpha value is -2.22. The van der Waals surface area contributed by atoms with E-state index in [1.54, 1.807) is 10.9 Å². The van der Waals surface area contributed by atoms with Crippen LogP contribution in [0.2, 0.25) is 0 Å². The SMILES string of the molecule is CC(=O)/C=C(/C)O.[C-]#[N+]c1cnn(-c2[c-]cccc2)c1.[Ir]. The molecule has 1 radical (unpaired) electrons. The van der Waals surface area contributed by atoms with Gasteiger partial charge in [0.1, 0.15) is 0 Å². The maximum Gasteiger partial charge on any atom is 0.224 e. The van der Waals surface area contributed by atoms with E-state index >= 15 is 0 Å². The van der Waals surface area contributed by atoms with Crippen molar-refractivity contribution in [1.29, 1.82) is 0 Å². The molecule has 0 aliphatic heterocycles. The van der Waals surface area contributed by atoms with Crippen LogP contribution in [0, 0.1) is 12.6 Å². The maximum atomic E-state index is 10.0. The number of allylic oxidation sites excluding steroid dienone is 2. The summed E-state index contributed by atoms with van der Waals surface area (Å²) >= 11 is 0. The van der Waals surface area contributed by atoms with Crippen molar-refractivity contribution in [2.75, 3.05) is 0 Å². The van der Waals surface area contributed by atoms with E-state index in [-0.39, 0.29) is 31.6 Å². The van der Waals surface area contributed by atoms with Gasteiger partial charge in [0.15, 0.2) is 5.78 Å². The molecule has 1 aromatic heterocycles. The topological polar surface area (TPSA) is 59.5 Å². The second kappa shape index (κ2) is 9.65. The van der Waals surface area contributed by atoms with Gasteiger partial charge in [0.25, 0.3) is 0 Å². The van der Waals surface area contributed by atoms with Crippen molar-refractivity contribution in [3.63, 3.8) is 0 Å². The van der Waals surface area contributed by atoms with E-state index in [9.17, 15) is 4.79 Å². The van der Waals surface area contributed by atoms with Crippen LogP contribution in [0.4, 0.5) is 5.69 Å². The molecule has 0 unspecified atom stereocenters. The van der Waals surface area contributed by atoms with Gasteiger partial charge < -0.3 is 5.11 Å². The number of benzene rings is 1. The van der Waals surface area contributed by atoms with Gasteiger partial charge in [0.05, 0.1) is 18.5 Å². The van der Waals surface area contributed by atoms with Gasteiger partial charge in [-0.2, -0.15) is 29.4 Å². The van der Waals surface area contributed by atoms with E-state index in [0.29, 0.717) is 5.69 Å². The van der Waals surface area contributed by atoms with Gasteiger partial charge in [-0.15, -0.1) is 6.07 Å². The third-order valence-corrected chi connectivity index (χ3v) is 2.05. The number of hydrogen-bond acceptors (Lipinski definition) is 3. The van der Waals surface area contributed by atoms with Crippen LogP contribution < -0.4 is 0 Å². The molecule has 1 heterocycles. The van der Waals surface area contributed by atoms with Crippen LogP contribution in [0.25, 0.3) is 10.5 Å². The first-order chi connectivity index (χ1) is 9.52. The second-order valence-electron chi connectivity index (χ2n) is 3.90. The Balaban J connectivity index is 0.000000436. The molecule has 21 heavy (non-hydrogen) atoms. The molecule has 0 spiro atoms. The van der Waals surface area contributed by atoms with Crippen molar-refractivity contribution < 1.29 is 30.0 Å². The number of aliphatic hydroxyl groups is 1. The third-order valence-electron chi connectivity index (χ3n) is 2.05. The van der Waals surface area contributed by atoms with E-state index in [4.69, 9.17) is 11.7 Å². The largest absolute Gasteiger partial charge is 0.512 e. The normalized spacial score (nSPS) is 9.67. The molecular formula is C15H14IrN3O2-. The van der Waals surface area contributed by atoms with Gasteiger partial charge in [0, 0.05) is 32.4 Å². The molecule has 0 aliphatic rings. The Bertz CT molecular complexity index is 638. The average Bonchev–Trinajstić information content (AvgIpc) is 2.87. The van der Waals surface area contributed by atoms with E-state index < -0.39 is 0 Å². The molecule has 2 aromatic rings. The van der Waals surface area contributed by atoms with Crippen molar-refractivity contribution >= 4 is 11.5 Å². The molecule has 1 aromatic carbocycles. The quantitative estimate of drug-likeness (QED) is 0.425. The third kappa shape index (κ3) is 7.21. The number of rotatable bonds is 2. The predicted molar refractivity (Wildman–Crippen MR) is 75.7 cm³/mol. The summed E-state index contributed by atoms with van der Waals surface area (Å²) in [6, 6.07) is 10.5. The minimum atomic E-state index is -0.125. The minimum absolute atomic E-state index is 0. The Morgan fingerprint density at radius 1 is 1.48 bits per heavy atom. The zero-order valence-corrected chi connectivity index (χ0v) is 14.0. The molecule has 0 bridgehead atoms. The van der Waals surface area contributed by atoms with Crippen molar-refractivity contribution in [3.05, 3.63) is 66.0 Å². The fraction of sp³-hybridized carbons (Fsp3) is 0.133. The first-order valence-electron chi connectivity index (χ1n) is 5.80. The first kappa shape index (κ1) is 18.8. The van der Waals surface area contributed by atoms with Crippen LogP contribution in [-0.2, 0) is 24.9 Å². The molecule has 0 saturated heterocycles. The molecule has 0 atom stereocenters. The summed E-state index contributed by atoms with van der Waals surface area (Å²) in [5, 5.41) is 12.4. The number of aromatic nitrogens is 2. The van der Waals surface area contributed by atoms with Gasteiger partial charge >= 0.3 is 0 Å². The van der Waals surface area contributed by atoms with Crippen LogP contribution in [0.3, 0.4) is 0 Å². The molecule has 0 saturated carbocycles. The Morgan fingerprint density at radius 2 is 2.19 bits per heavy atom. The molecule has 0 fully saturated rings. The van der Waals surface area contributed by atoms with Gasteiger partial charge in [0.2, 0.25) is 5.69 Å². The number of hydrogen-bond donors (Lipinski definition) is 1.